The van der Waals surface area contributed by atoms with Gasteiger partial charge in [-0.05, 0) is 66.5 Å². The van der Waals surface area contributed by atoms with Crippen molar-refractivity contribution in [3.63, 3.8) is 0 Å². The van der Waals surface area contributed by atoms with Crippen molar-refractivity contribution in [2.75, 3.05) is 7.11 Å². The third kappa shape index (κ3) is 5.54. The molecular formula is C30H39NO3. The minimum atomic E-state index is -0.460. The molecule has 34 heavy (non-hydrogen) atoms. The lowest BCUT2D eigenvalue weighted by Gasteiger charge is -2.31. The van der Waals surface area contributed by atoms with Gasteiger partial charge in [-0.3, -0.25) is 4.99 Å². The zero-order chi connectivity index (χ0) is 24.1. The highest BCUT2D eigenvalue weighted by atomic mass is 16.5. The Kier molecular flexibility index (Phi) is 7.75. The van der Waals surface area contributed by atoms with E-state index in [9.17, 15) is 4.79 Å². The van der Waals surface area contributed by atoms with Crippen LogP contribution < -0.4 is 0 Å². The lowest BCUT2D eigenvalue weighted by Crippen LogP contribution is -2.24. The van der Waals surface area contributed by atoms with Gasteiger partial charge >= 0.3 is 5.97 Å². The third-order valence-corrected chi connectivity index (χ3v) is 7.33. The van der Waals surface area contributed by atoms with Crippen LogP contribution >= 0.6 is 0 Å². The average Bonchev–Trinajstić information content (AvgIpc) is 3.44. The predicted octanol–water partition coefficient (Wildman–Crippen LogP) is 8.23. The number of ether oxygens (including phenoxy) is 1. The van der Waals surface area contributed by atoms with Crippen LogP contribution in [-0.4, -0.2) is 18.8 Å². The van der Waals surface area contributed by atoms with Gasteiger partial charge in [-0.25, -0.2) is 4.79 Å². The SMILES string of the molecule is CCCCCCCCC1C=CC(C=Cc2ccc(C(=O)OC)o2)=C2N=C3CC(C)(C)CCC3=C21. The Labute approximate surface area is 204 Å². The van der Waals surface area contributed by atoms with Gasteiger partial charge in [0.05, 0.1) is 12.8 Å². The number of carbonyl (C=O) groups excluding carboxylic acids is 1. The molecule has 4 heteroatoms. The van der Waals surface area contributed by atoms with Crippen molar-refractivity contribution in [2.24, 2.45) is 16.3 Å². The van der Waals surface area contributed by atoms with E-state index in [1.807, 2.05) is 6.08 Å². The van der Waals surface area contributed by atoms with Crippen LogP contribution in [0.3, 0.4) is 0 Å². The quantitative estimate of drug-likeness (QED) is 0.260. The highest BCUT2D eigenvalue weighted by Gasteiger charge is 2.37. The smallest absolute Gasteiger partial charge is 0.373 e. The van der Waals surface area contributed by atoms with Crippen LogP contribution in [0, 0.1) is 11.3 Å². The van der Waals surface area contributed by atoms with Crippen LogP contribution in [0.4, 0.5) is 0 Å². The standard InChI is InChI=1S/C30H39NO3/c1-5-6-7-8-9-10-11-21-12-13-22(14-15-23-16-17-26(34-23)29(32)33-4)28-27(21)24-18-19-30(2,3)20-25(24)31-28/h12-17,21H,5-11,18-20H2,1-4H3. The van der Waals surface area contributed by atoms with Crippen LogP contribution in [-0.2, 0) is 4.74 Å². The summed E-state index contributed by atoms with van der Waals surface area (Å²) in [6.45, 7) is 6.99. The highest BCUT2D eigenvalue weighted by Crippen LogP contribution is 2.47. The van der Waals surface area contributed by atoms with E-state index in [2.05, 4.69) is 39.0 Å². The van der Waals surface area contributed by atoms with E-state index in [-0.39, 0.29) is 5.76 Å². The molecule has 182 valence electrons. The molecule has 1 unspecified atom stereocenters. The second-order valence-corrected chi connectivity index (χ2v) is 10.6. The van der Waals surface area contributed by atoms with Gasteiger partial charge in [0.1, 0.15) is 5.76 Å². The summed E-state index contributed by atoms with van der Waals surface area (Å²) in [6, 6.07) is 3.44. The number of esters is 1. The van der Waals surface area contributed by atoms with Crippen molar-refractivity contribution in [1.82, 2.24) is 0 Å². The number of aliphatic imine (C=N–C) groups is 1. The summed E-state index contributed by atoms with van der Waals surface area (Å²) in [7, 11) is 1.36. The summed E-state index contributed by atoms with van der Waals surface area (Å²) in [5.41, 5.74) is 6.86. The molecule has 1 aromatic rings. The summed E-state index contributed by atoms with van der Waals surface area (Å²) in [5, 5.41) is 0. The van der Waals surface area contributed by atoms with E-state index >= 15 is 0 Å². The third-order valence-electron chi connectivity index (χ3n) is 7.33. The molecular weight excluding hydrogens is 422 g/mol. The minimum Gasteiger partial charge on any atom is -0.463 e. The number of methoxy groups -OCH3 is 1. The summed E-state index contributed by atoms with van der Waals surface area (Å²) < 4.78 is 10.4. The lowest BCUT2D eigenvalue weighted by molar-refractivity contribution is 0.0564. The molecule has 1 aromatic heterocycles. The fraction of sp³-hybridized carbons (Fsp3) is 0.533. The van der Waals surface area contributed by atoms with E-state index in [1.54, 1.807) is 12.1 Å². The number of allylic oxidation sites excluding steroid dienone is 6. The molecule has 0 saturated heterocycles. The number of nitrogens with zero attached hydrogens (tertiary/aromatic N) is 1. The monoisotopic (exact) mass is 461 g/mol. The van der Waals surface area contributed by atoms with Gasteiger partial charge in [-0.15, -0.1) is 0 Å². The van der Waals surface area contributed by atoms with Crippen LogP contribution in [0.5, 0.6) is 0 Å². The maximum Gasteiger partial charge on any atom is 0.373 e. The molecule has 0 spiro atoms. The van der Waals surface area contributed by atoms with Gasteiger partial charge in [0.15, 0.2) is 0 Å². The van der Waals surface area contributed by atoms with E-state index in [1.165, 1.54) is 75.3 Å². The number of fused-ring (bicyclic) bond motifs is 2. The minimum absolute atomic E-state index is 0.218. The molecule has 1 fully saturated rings. The fourth-order valence-electron chi connectivity index (χ4n) is 5.35. The largest absolute Gasteiger partial charge is 0.463 e. The molecule has 1 aliphatic heterocycles. The van der Waals surface area contributed by atoms with Crippen molar-refractivity contribution < 1.29 is 13.9 Å². The van der Waals surface area contributed by atoms with Gasteiger partial charge in [0.25, 0.3) is 0 Å². The molecule has 4 nitrogen and oxygen atoms in total. The van der Waals surface area contributed by atoms with Gasteiger partial charge in [-0.2, -0.15) is 0 Å². The van der Waals surface area contributed by atoms with Crippen molar-refractivity contribution in [3.05, 3.63) is 64.3 Å². The van der Waals surface area contributed by atoms with Gasteiger partial charge < -0.3 is 9.15 Å². The molecule has 1 atom stereocenters. The number of carbonyl (C=O) groups is 1. The Bertz CT molecular complexity index is 1060. The molecule has 2 aliphatic carbocycles. The van der Waals surface area contributed by atoms with Gasteiger partial charge in [-0.1, -0.05) is 71.4 Å². The maximum atomic E-state index is 11.7. The van der Waals surface area contributed by atoms with Crippen molar-refractivity contribution in [2.45, 2.75) is 85.0 Å². The van der Waals surface area contributed by atoms with E-state index in [4.69, 9.17) is 14.1 Å². The Morgan fingerprint density at radius 3 is 2.76 bits per heavy atom. The number of hydrogen-bond acceptors (Lipinski definition) is 4. The molecule has 0 radical (unpaired) electrons. The first-order valence-electron chi connectivity index (χ1n) is 13.0. The first kappa shape index (κ1) is 24.5. The molecule has 0 bridgehead atoms. The Morgan fingerprint density at radius 1 is 1.18 bits per heavy atom. The number of unbranched alkanes of at least 4 members (excludes halogenated alkanes) is 5. The van der Waals surface area contributed by atoms with Crippen molar-refractivity contribution >= 4 is 17.8 Å². The molecule has 1 saturated carbocycles. The van der Waals surface area contributed by atoms with Crippen LogP contribution in [0.2, 0.25) is 0 Å². The van der Waals surface area contributed by atoms with Gasteiger partial charge in [0.2, 0.25) is 5.76 Å². The highest BCUT2D eigenvalue weighted by molar-refractivity contribution is 6.06. The molecule has 2 heterocycles. The van der Waals surface area contributed by atoms with Crippen molar-refractivity contribution in [3.8, 4) is 0 Å². The van der Waals surface area contributed by atoms with Gasteiger partial charge in [0, 0.05) is 17.2 Å². The average molecular weight is 462 g/mol. The zero-order valence-corrected chi connectivity index (χ0v) is 21.3. The molecule has 0 amide bonds. The maximum absolute atomic E-state index is 11.7. The zero-order valence-electron chi connectivity index (χ0n) is 21.3. The number of furan rings is 1. The van der Waals surface area contributed by atoms with Crippen LogP contribution in [0.15, 0.2) is 62.2 Å². The number of hydrogen-bond donors (Lipinski definition) is 0. The summed E-state index contributed by atoms with van der Waals surface area (Å²) in [4.78, 5) is 16.9. The number of rotatable bonds is 10. The summed E-state index contributed by atoms with van der Waals surface area (Å²) in [6.07, 6.45) is 21.2. The normalized spacial score (nSPS) is 21.2. The first-order chi connectivity index (χ1) is 16.4. The lowest BCUT2D eigenvalue weighted by atomic mass is 9.72. The Morgan fingerprint density at radius 2 is 1.97 bits per heavy atom. The first-order valence-corrected chi connectivity index (χ1v) is 13.0. The Balaban J connectivity index is 1.55. The Hall–Kier alpha value is -2.62. The van der Waals surface area contributed by atoms with Crippen LogP contribution in [0.1, 0.15) is 101 Å². The molecule has 0 N–H and O–H groups in total. The topological polar surface area (TPSA) is 51.8 Å². The molecule has 4 rings (SSSR count). The van der Waals surface area contributed by atoms with Crippen LogP contribution in [0.25, 0.3) is 6.08 Å². The summed E-state index contributed by atoms with van der Waals surface area (Å²) in [5.74, 6) is 0.854. The molecule has 0 aromatic carbocycles. The fourth-order valence-corrected chi connectivity index (χ4v) is 5.35. The second kappa shape index (κ2) is 10.8. The predicted molar refractivity (Wildman–Crippen MR) is 139 cm³/mol. The van der Waals surface area contributed by atoms with Crippen molar-refractivity contribution in [1.29, 1.82) is 0 Å². The van der Waals surface area contributed by atoms with E-state index in [0.717, 1.165) is 24.1 Å². The second-order valence-electron chi connectivity index (χ2n) is 10.6. The van der Waals surface area contributed by atoms with E-state index < -0.39 is 5.97 Å². The van der Waals surface area contributed by atoms with E-state index in [0.29, 0.717) is 17.1 Å². The summed E-state index contributed by atoms with van der Waals surface area (Å²) >= 11 is 0. The molecule has 3 aliphatic rings.